The van der Waals surface area contributed by atoms with Gasteiger partial charge in [0.1, 0.15) is 0 Å². The summed E-state index contributed by atoms with van der Waals surface area (Å²) in [5, 5.41) is 3.11. The van der Waals surface area contributed by atoms with E-state index in [1.54, 1.807) is 0 Å². The average molecular weight is 212 g/mol. The van der Waals surface area contributed by atoms with Crippen LogP contribution in [0.1, 0.15) is 52.9 Å². The fourth-order valence-electron chi connectivity index (χ4n) is 2.09. The number of hydrogen-bond acceptors (Lipinski definition) is 2. The SMILES string of the molecule is CCC(C)(CN)NC(=O)C1(C)CCCC1. The highest BCUT2D eigenvalue weighted by molar-refractivity contribution is 5.83. The third-order valence-electron chi connectivity index (χ3n) is 3.90. The topological polar surface area (TPSA) is 55.1 Å². The van der Waals surface area contributed by atoms with Crippen molar-refractivity contribution in [1.29, 1.82) is 0 Å². The van der Waals surface area contributed by atoms with Crippen LogP contribution >= 0.6 is 0 Å². The van der Waals surface area contributed by atoms with Gasteiger partial charge in [0.15, 0.2) is 0 Å². The number of rotatable bonds is 4. The standard InChI is InChI=1S/C12H24N2O/c1-4-12(3,9-13)14-10(15)11(2)7-5-6-8-11/h4-9,13H2,1-3H3,(H,14,15). The molecule has 0 aromatic carbocycles. The third-order valence-corrected chi connectivity index (χ3v) is 3.90. The van der Waals surface area contributed by atoms with Crippen LogP contribution < -0.4 is 11.1 Å². The molecule has 1 aliphatic rings. The molecule has 1 saturated carbocycles. The zero-order valence-electron chi connectivity index (χ0n) is 10.2. The zero-order chi connectivity index (χ0) is 11.5. The lowest BCUT2D eigenvalue weighted by Gasteiger charge is -2.33. The van der Waals surface area contributed by atoms with Crippen molar-refractivity contribution in [3.05, 3.63) is 0 Å². The molecule has 3 heteroatoms. The molecule has 1 unspecified atom stereocenters. The highest BCUT2D eigenvalue weighted by atomic mass is 16.2. The summed E-state index contributed by atoms with van der Waals surface area (Å²) < 4.78 is 0. The van der Waals surface area contributed by atoms with Crippen LogP contribution in [0.15, 0.2) is 0 Å². The maximum Gasteiger partial charge on any atom is 0.226 e. The van der Waals surface area contributed by atoms with Crippen LogP contribution in [-0.2, 0) is 4.79 Å². The van der Waals surface area contributed by atoms with E-state index in [0.29, 0.717) is 6.54 Å². The van der Waals surface area contributed by atoms with E-state index in [4.69, 9.17) is 5.73 Å². The van der Waals surface area contributed by atoms with Crippen molar-refractivity contribution in [2.24, 2.45) is 11.1 Å². The Balaban J connectivity index is 2.61. The van der Waals surface area contributed by atoms with Crippen LogP contribution in [0.3, 0.4) is 0 Å². The van der Waals surface area contributed by atoms with Gasteiger partial charge in [0.2, 0.25) is 5.91 Å². The van der Waals surface area contributed by atoms with Crippen LogP contribution in [0.5, 0.6) is 0 Å². The number of carbonyl (C=O) groups excluding carboxylic acids is 1. The smallest absolute Gasteiger partial charge is 0.226 e. The van der Waals surface area contributed by atoms with Crippen molar-refractivity contribution in [2.75, 3.05) is 6.54 Å². The summed E-state index contributed by atoms with van der Waals surface area (Å²) in [5.74, 6) is 0.190. The van der Waals surface area contributed by atoms with Crippen LogP contribution in [0, 0.1) is 5.41 Å². The summed E-state index contributed by atoms with van der Waals surface area (Å²) in [5.41, 5.74) is 5.31. The summed E-state index contributed by atoms with van der Waals surface area (Å²) in [7, 11) is 0. The van der Waals surface area contributed by atoms with E-state index >= 15 is 0 Å². The van der Waals surface area contributed by atoms with Crippen molar-refractivity contribution in [3.63, 3.8) is 0 Å². The Labute approximate surface area is 92.8 Å². The molecule has 0 aromatic rings. The monoisotopic (exact) mass is 212 g/mol. The summed E-state index contributed by atoms with van der Waals surface area (Å²) in [6.45, 7) is 6.65. The van der Waals surface area contributed by atoms with Gasteiger partial charge in [0.25, 0.3) is 0 Å². The Bertz CT molecular complexity index is 228. The van der Waals surface area contributed by atoms with Crippen molar-refractivity contribution in [3.8, 4) is 0 Å². The highest BCUT2D eigenvalue weighted by Gasteiger charge is 2.38. The fraction of sp³-hybridized carbons (Fsp3) is 0.917. The Morgan fingerprint density at radius 1 is 1.47 bits per heavy atom. The molecule has 3 N–H and O–H groups in total. The van der Waals surface area contributed by atoms with Crippen molar-refractivity contribution in [1.82, 2.24) is 5.32 Å². The van der Waals surface area contributed by atoms with Gasteiger partial charge in [-0.3, -0.25) is 4.79 Å². The van der Waals surface area contributed by atoms with Gasteiger partial charge < -0.3 is 11.1 Å². The highest BCUT2D eigenvalue weighted by Crippen LogP contribution is 2.38. The van der Waals surface area contributed by atoms with Crippen molar-refractivity contribution < 1.29 is 4.79 Å². The predicted molar refractivity (Wildman–Crippen MR) is 62.5 cm³/mol. The molecule has 0 saturated heterocycles. The number of carbonyl (C=O) groups is 1. The number of amides is 1. The molecule has 1 fully saturated rings. The Hall–Kier alpha value is -0.570. The molecule has 0 bridgehead atoms. The molecule has 88 valence electrons. The predicted octanol–water partition coefficient (Wildman–Crippen LogP) is 1.81. The van der Waals surface area contributed by atoms with E-state index in [1.807, 2.05) is 6.92 Å². The molecule has 1 atom stereocenters. The van der Waals surface area contributed by atoms with Crippen LogP contribution in [-0.4, -0.2) is 18.0 Å². The second kappa shape index (κ2) is 4.52. The third kappa shape index (κ3) is 2.71. The van der Waals surface area contributed by atoms with Crippen molar-refractivity contribution in [2.45, 2.75) is 58.4 Å². The largest absolute Gasteiger partial charge is 0.349 e. The van der Waals surface area contributed by atoms with Gasteiger partial charge in [0, 0.05) is 17.5 Å². The van der Waals surface area contributed by atoms with E-state index < -0.39 is 0 Å². The summed E-state index contributed by atoms with van der Waals surface area (Å²) >= 11 is 0. The molecule has 1 aliphatic carbocycles. The lowest BCUT2D eigenvalue weighted by molar-refractivity contribution is -0.131. The molecule has 0 aromatic heterocycles. The minimum Gasteiger partial charge on any atom is -0.349 e. The maximum absolute atomic E-state index is 12.1. The van der Waals surface area contributed by atoms with Gasteiger partial charge in [-0.1, -0.05) is 26.7 Å². The molecule has 1 rings (SSSR count). The lowest BCUT2D eigenvalue weighted by atomic mass is 9.86. The molecule has 15 heavy (non-hydrogen) atoms. The molecular formula is C12H24N2O. The molecule has 0 spiro atoms. The van der Waals surface area contributed by atoms with Gasteiger partial charge in [-0.05, 0) is 26.2 Å². The Kier molecular flexibility index (Phi) is 3.77. The van der Waals surface area contributed by atoms with E-state index in [-0.39, 0.29) is 16.9 Å². The average Bonchev–Trinajstić information content (AvgIpc) is 2.66. The van der Waals surface area contributed by atoms with Gasteiger partial charge in [-0.2, -0.15) is 0 Å². The van der Waals surface area contributed by atoms with E-state index in [2.05, 4.69) is 19.2 Å². The first kappa shape index (κ1) is 12.5. The molecule has 0 radical (unpaired) electrons. The summed E-state index contributed by atoms with van der Waals surface area (Å²) in [6, 6.07) is 0. The quantitative estimate of drug-likeness (QED) is 0.746. The van der Waals surface area contributed by atoms with Gasteiger partial charge >= 0.3 is 0 Å². The first-order valence-electron chi connectivity index (χ1n) is 5.98. The van der Waals surface area contributed by atoms with Gasteiger partial charge in [0.05, 0.1) is 0 Å². The number of nitrogens with two attached hydrogens (primary N) is 1. The van der Waals surface area contributed by atoms with Gasteiger partial charge in [-0.25, -0.2) is 0 Å². The van der Waals surface area contributed by atoms with Gasteiger partial charge in [-0.15, -0.1) is 0 Å². The normalized spacial score (nSPS) is 23.5. The minimum absolute atomic E-state index is 0.147. The van der Waals surface area contributed by atoms with Crippen molar-refractivity contribution >= 4 is 5.91 Å². The molecular weight excluding hydrogens is 188 g/mol. The second-order valence-corrected chi connectivity index (χ2v) is 5.34. The fourth-order valence-corrected chi connectivity index (χ4v) is 2.09. The van der Waals surface area contributed by atoms with E-state index in [9.17, 15) is 4.79 Å². The van der Waals surface area contributed by atoms with Crippen LogP contribution in [0.25, 0.3) is 0 Å². The maximum atomic E-state index is 12.1. The molecule has 0 aliphatic heterocycles. The van der Waals surface area contributed by atoms with E-state index in [1.165, 1.54) is 12.8 Å². The van der Waals surface area contributed by atoms with Crippen LogP contribution in [0.4, 0.5) is 0 Å². The second-order valence-electron chi connectivity index (χ2n) is 5.34. The first-order valence-corrected chi connectivity index (χ1v) is 5.98. The number of hydrogen-bond donors (Lipinski definition) is 2. The Morgan fingerprint density at radius 3 is 2.40 bits per heavy atom. The van der Waals surface area contributed by atoms with E-state index in [0.717, 1.165) is 19.3 Å². The zero-order valence-corrected chi connectivity index (χ0v) is 10.2. The lowest BCUT2D eigenvalue weighted by Crippen LogP contribution is -2.54. The summed E-state index contributed by atoms with van der Waals surface area (Å²) in [4.78, 5) is 12.1. The molecule has 0 heterocycles. The molecule has 3 nitrogen and oxygen atoms in total. The van der Waals surface area contributed by atoms with Crippen LogP contribution in [0.2, 0.25) is 0 Å². The molecule has 1 amide bonds. The first-order chi connectivity index (χ1) is 6.96. The summed E-state index contributed by atoms with van der Waals surface area (Å²) in [6.07, 6.45) is 5.27. The minimum atomic E-state index is -0.233. The number of nitrogens with one attached hydrogen (secondary N) is 1. The Morgan fingerprint density at radius 2 is 2.00 bits per heavy atom.